The van der Waals surface area contributed by atoms with E-state index in [1.165, 1.54) is 12.7 Å². The number of fused-ring (bicyclic) bond motifs is 1. The van der Waals surface area contributed by atoms with Crippen LogP contribution in [0.5, 0.6) is 0 Å². The van der Waals surface area contributed by atoms with Crippen LogP contribution in [0.4, 0.5) is 0 Å². The number of rotatable bonds is 6. The van der Waals surface area contributed by atoms with E-state index in [0.29, 0.717) is 19.4 Å². The lowest BCUT2D eigenvalue weighted by Gasteiger charge is -2.39. The summed E-state index contributed by atoms with van der Waals surface area (Å²) in [6.07, 6.45) is 4.30. The predicted octanol–water partition coefficient (Wildman–Crippen LogP) is 2.61. The number of aryl methyl sites for hydroxylation is 1. The van der Waals surface area contributed by atoms with E-state index in [0.717, 1.165) is 22.9 Å². The van der Waals surface area contributed by atoms with Crippen molar-refractivity contribution >= 4 is 22.8 Å². The largest absolute Gasteiger partial charge is 0.481 e. The van der Waals surface area contributed by atoms with Crippen LogP contribution in [0.15, 0.2) is 24.4 Å². The van der Waals surface area contributed by atoms with E-state index in [-0.39, 0.29) is 25.5 Å². The van der Waals surface area contributed by atoms with Gasteiger partial charge in [-0.25, -0.2) is 0 Å². The first kappa shape index (κ1) is 18.5. The van der Waals surface area contributed by atoms with Gasteiger partial charge in [-0.15, -0.1) is 0 Å². The Labute approximate surface area is 153 Å². The fraction of sp³-hybridized carbons (Fsp3) is 0.500. The molecule has 1 aliphatic heterocycles. The summed E-state index contributed by atoms with van der Waals surface area (Å²) in [5, 5.41) is 10.7. The molecule has 6 nitrogen and oxygen atoms in total. The number of amides is 1. The molecule has 1 fully saturated rings. The van der Waals surface area contributed by atoms with Crippen molar-refractivity contribution in [1.82, 2.24) is 9.88 Å². The lowest BCUT2D eigenvalue weighted by Crippen LogP contribution is -2.52. The maximum absolute atomic E-state index is 12.9. The van der Waals surface area contributed by atoms with Gasteiger partial charge in [-0.2, -0.15) is 0 Å². The number of hydrogen-bond acceptors (Lipinski definition) is 3. The molecule has 2 N–H and O–H groups in total. The molecule has 2 heterocycles. The molecule has 1 atom stereocenters. The summed E-state index contributed by atoms with van der Waals surface area (Å²) >= 11 is 0. The third-order valence-corrected chi connectivity index (χ3v) is 5.41. The second kappa shape index (κ2) is 7.50. The number of aromatic nitrogens is 1. The van der Waals surface area contributed by atoms with Crippen LogP contribution in [0.1, 0.15) is 30.9 Å². The number of carbonyl (C=O) groups is 2. The third kappa shape index (κ3) is 3.33. The SMILES string of the molecule is CCc1cccc2c(CC(=O)N3CCCC(COC)(C(=O)O)C3)c[nH]c12. The molecule has 1 aromatic heterocycles. The van der Waals surface area contributed by atoms with Crippen molar-refractivity contribution in [2.45, 2.75) is 32.6 Å². The van der Waals surface area contributed by atoms with Gasteiger partial charge in [0.05, 0.1) is 13.0 Å². The number of methoxy groups -OCH3 is 1. The van der Waals surface area contributed by atoms with E-state index in [4.69, 9.17) is 4.74 Å². The van der Waals surface area contributed by atoms with Gasteiger partial charge in [0.2, 0.25) is 5.91 Å². The standard InChI is InChI=1S/C20H26N2O4/c1-3-14-6-4-7-16-15(11-21-18(14)16)10-17(23)22-9-5-8-20(12-22,13-26-2)19(24)25/h4,6-7,11,21H,3,5,8-10,12-13H2,1-2H3,(H,24,25). The van der Waals surface area contributed by atoms with Crippen LogP contribution < -0.4 is 0 Å². The molecular formula is C20H26N2O4. The summed E-state index contributed by atoms with van der Waals surface area (Å²) in [4.78, 5) is 29.6. The van der Waals surface area contributed by atoms with Gasteiger partial charge in [0.25, 0.3) is 0 Å². The minimum Gasteiger partial charge on any atom is -0.481 e. The number of ether oxygens (including phenoxy) is 1. The molecule has 1 unspecified atom stereocenters. The Balaban J connectivity index is 1.79. The summed E-state index contributed by atoms with van der Waals surface area (Å²) in [6.45, 7) is 3.03. The predicted molar refractivity (Wildman–Crippen MR) is 99.1 cm³/mol. The van der Waals surface area contributed by atoms with Gasteiger partial charge in [-0.1, -0.05) is 25.1 Å². The van der Waals surface area contributed by atoms with Gasteiger partial charge < -0.3 is 19.7 Å². The quantitative estimate of drug-likeness (QED) is 0.831. The van der Waals surface area contributed by atoms with E-state index >= 15 is 0 Å². The topological polar surface area (TPSA) is 82.6 Å². The number of carboxylic acids is 1. The third-order valence-electron chi connectivity index (χ3n) is 5.41. The number of hydrogen-bond donors (Lipinski definition) is 2. The zero-order chi connectivity index (χ0) is 18.7. The molecule has 140 valence electrons. The molecule has 1 aromatic carbocycles. The molecule has 2 aromatic rings. The fourth-order valence-electron chi connectivity index (χ4n) is 3.97. The summed E-state index contributed by atoms with van der Waals surface area (Å²) in [7, 11) is 1.50. The molecule has 0 saturated carbocycles. The van der Waals surface area contributed by atoms with Crippen molar-refractivity contribution in [1.29, 1.82) is 0 Å². The number of carboxylic acid groups (broad SMARTS) is 1. The zero-order valence-electron chi connectivity index (χ0n) is 15.4. The Kier molecular flexibility index (Phi) is 5.32. The van der Waals surface area contributed by atoms with Crippen LogP contribution in [0, 0.1) is 5.41 Å². The minimum atomic E-state index is -1.00. The summed E-state index contributed by atoms with van der Waals surface area (Å²) in [5.41, 5.74) is 2.26. The Morgan fingerprint density at radius 2 is 2.15 bits per heavy atom. The molecule has 1 aliphatic rings. The first-order valence-corrected chi connectivity index (χ1v) is 9.08. The molecule has 0 aliphatic carbocycles. The Morgan fingerprint density at radius 1 is 1.35 bits per heavy atom. The number of aliphatic carboxylic acids is 1. The highest BCUT2D eigenvalue weighted by molar-refractivity contribution is 5.91. The monoisotopic (exact) mass is 358 g/mol. The molecule has 1 saturated heterocycles. The number of piperidine rings is 1. The number of benzene rings is 1. The molecular weight excluding hydrogens is 332 g/mol. The second-order valence-electron chi connectivity index (χ2n) is 7.12. The molecule has 3 rings (SSSR count). The first-order chi connectivity index (χ1) is 12.5. The van der Waals surface area contributed by atoms with Crippen LogP contribution in [0.2, 0.25) is 0 Å². The number of nitrogens with zero attached hydrogens (tertiary/aromatic N) is 1. The van der Waals surface area contributed by atoms with Crippen molar-refractivity contribution in [3.8, 4) is 0 Å². The van der Waals surface area contributed by atoms with Gasteiger partial charge in [0.15, 0.2) is 0 Å². The number of likely N-dealkylation sites (tertiary alicyclic amines) is 1. The summed E-state index contributed by atoms with van der Waals surface area (Å²) < 4.78 is 5.14. The maximum Gasteiger partial charge on any atom is 0.313 e. The maximum atomic E-state index is 12.9. The number of para-hydroxylation sites is 1. The highest BCUT2D eigenvalue weighted by Crippen LogP contribution is 2.31. The molecule has 0 radical (unpaired) electrons. The van der Waals surface area contributed by atoms with Crippen LogP contribution in [0.25, 0.3) is 10.9 Å². The summed E-state index contributed by atoms with van der Waals surface area (Å²) in [5.74, 6) is -0.925. The zero-order valence-corrected chi connectivity index (χ0v) is 15.4. The number of H-pyrrole nitrogens is 1. The van der Waals surface area contributed by atoms with Crippen LogP contribution >= 0.6 is 0 Å². The Hall–Kier alpha value is -2.34. The normalized spacial score (nSPS) is 20.5. The highest BCUT2D eigenvalue weighted by Gasteiger charge is 2.43. The fourth-order valence-corrected chi connectivity index (χ4v) is 3.97. The van der Waals surface area contributed by atoms with Crippen molar-refractivity contribution in [3.63, 3.8) is 0 Å². The Morgan fingerprint density at radius 3 is 2.85 bits per heavy atom. The smallest absolute Gasteiger partial charge is 0.313 e. The molecule has 26 heavy (non-hydrogen) atoms. The number of carbonyl (C=O) groups excluding carboxylic acids is 1. The van der Waals surface area contributed by atoms with E-state index in [9.17, 15) is 14.7 Å². The lowest BCUT2D eigenvalue weighted by atomic mass is 9.80. The lowest BCUT2D eigenvalue weighted by molar-refractivity contribution is -0.159. The average molecular weight is 358 g/mol. The van der Waals surface area contributed by atoms with Crippen molar-refractivity contribution in [2.24, 2.45) is 5.41 Å². The van der Waals surface area contributed by atoms with Crippen LogP contribution in [0.3, 0.4) is 0 Å². The van der Waals surface area contributed by atoms with E-state index < -0.39 is 11.4 Å². The van der Waals surface area contributed by atoms with Gasteiger partial charge >= 0.3 is 5.97 Å². The molecule has 0 bridgehead atoms. The van der Waals surface area contributed by atoms with E-state index in [2.05, 4.69) is 18.0 Å². The molecule has 0 spiro atoms. The van der Waals surface area contributed by atoms with Crippen molar-refractivity contribution in [3.05, 3.63) is 35.5 Å². The average Bonchev–Trinajstić information content (AvgIpc) is 3.05. The highest BCUT2D eigenvalue weighted by atomic mass is 16.5. The van der Waals surface area contributed by atoms with Crippen molar-refractivity contribution in [2.75, 3.05) is 26.8 Å². The second-order valence-corrected chi connectivity index (χ2v) is 7.12. The van der Waals surface area contributed by atoms with Gasteiger partial charge in [-0.3, -0.25) is 9.59 Å². The van der Waals surface area contributed by atoms with E-state index in [1.54, 1.807) is 4.90 Å². The minimum absolute atomic E-state index is 0.0331. The van der Waals surface area contributed by atoms with Crippen molar-refractivity contribution < 1.29 is 19.4 Å². The van der Waals surface area contributed by atoms with E-state index in [1.807, 2.05) is 18.3 Å². The Bertz CT molecular complexity index is 809. The van der Waals surface area contributed by atoms with Gasteiger partial charge in [0.1, 0.15) is 5.41 Å². The summed E-state index contributed by atoms with van der Waals surface area (Å²) in [6, 6.07) is 6.12. The molecule has 1 amide bonds. The number of nitrogens with one attached hydrogen (secondary N) is 1. The molecule has 6 heteroatoms. The van der Waals surface area contributed by atoms with Gasteiger partial charge in [-0.05, 0) is 30.4 Å². The van der Waals surface area contributed by atoms with Crippen LogP contribution in [-0.4, -0.2) is 53.7 Å². The van der Waals surface area contributed by atoms with Gasteiger partial charge in [0, 0.05) is 37.3 Å². The van der Waals surface area contributed by atoms with Crippen LogP contribution in [-0.2, 0) is 27.2 Å². The number of aromatic amines is 1. The first-order valence-electron chi connectivity index (χ1n) is 9.08.